The number of hydrogen-bond acceptors (Lipinski definition) is 5. The number of rotatable bonds is 1. The fourth-order valence-electron chi connectivity index (χ4n) is 1.85. The van der Waals surface area contributed by atoms with Crippen LogP contribution in [-0.4, -0.2) is 27.9 Å². The number of carbonyl (C=O) groups is 1. The van der Waals surface area contributed by atoms with Crippen molar-refractivity contribution in [2.75, 3.05) is 0 Å². The zero-order chi connectivity index (χ0) is 12.6. The molecule has 0 bridgehead atoms. The summed E-state index contributed by atoms with van der Waals surface area (Å²) < 4.78 is 4.90. The van der Waals surface area contributed by atoms with Gasteiger partial charge in [0.25, 0.3) is 0 Å². The van der Waals surface area contributed by atoms with E-state index in [2.05, 4.69) is 0 Å². The van der Waals surface area contributed by atoms with E-state index in [4.69, 9.17) is 15.0 Å². The molecule has 0 aliphatic carbocycles. The molecular weight excluding hydrogens is 225 g/mol. The van der Waals surface area contributed by atoms with Crippen molar-refractivity contribution >= 4 is 12.7 Å². The van der Waals surface area contributed by atoms with Crippen molar-refractivity contribution in [2.24, 2.45) is 0 Å². The molecule has 88 valence electrons. The van der Waals surface area contributed by atoms with Gasteiger partial charge in [-0.2, -0.15) is 5.26 Å². The molecule has 0 aromatic heterocycles. The van der Waals surface area contributed by atoms with Crippen LogP contribution < -0.4 is 4.65 Å². The zero-order valence-corrected chi connectivity index (χ0v) is 8.75. The predicted octanol–water partition coefficient (Wildman–Crippen LogP) is 0.115. The van der Waals surface area contributed by atoms with Crippen LogP contribution in [0.1, 0.15) is 21.5 Å². The minimum atomic E-state index is -3.03. The number of nitriles is 1. The van der Waals surface area contributed by atoms with Crippen LogP contribution in [0, 0.1) is 11.3 Å². The van der Waals surface area contributed by atoms with Crippen molar-refractivity contribution in [3.05, 3.63) is 28.8 Å². The van der Waals surface area contributed by atoms with Crippen molar-refractivity contribution in [1.29, 1.82) is 5.26 Å². The molecule has 1 aromatic rings. The highest BCUT2D eigenvalue weighted by molar-refractivity contribution is 6.59. The Morgan fingerprint density at radius 3 is 2.76 bits per heavy atom. The van der Waals surface area contributed by atoms with E-state index in [-0.39, 0.29) is 23.2 Å². The smallest absolute Gasteiger partial charge is 0.430 e. The number of carboxylic acids is 1. The summed E-state index contributed by atoms with van der Waals surface area (Å²) in [6.07, 6.45) is 0.312. The van der Waals surface area contributed by atoms with Gasteiger partial charge in [0.2, 0.25) is 0 Å². The molecule has 0 radical (unpaired) electrons. The molecule has 0 saturated carbocycles. The Morgan fingerprint density at radius 1 is 1.47 bits per heavy atom. The molecule has 6 nitrogen and oxygen atoms in total. The molecule has 1 aliphatic rings. The Hall–Kier alpha value is -2.04. The monoisotopic (exact) mass is 234 g/mol. The molecular formula is C10H9BNO5-. The van der Waals surface area contributed by atoms with E-state index < -0.39 is 12.7 Å². The van der Waals surface area contributed by atoms with E-state index >= 15 is 0 Å². The number of nitrogens with zero attached hydrogens (tertiary/aromatic N) is 1. The second kappa shape index (κ2) is 3.77. The quantitative estimate of drug-likeness (QED) is 0.595. The molecule has 0 atom stereocenters. The van der Waals surface area contributed by atoms with E-state index in [1.165, 1.54) is 6.07 Å². The molecule has 1 aromatic carbocycles. The number of carboxylic acid groups (broad SMARTS) is 1. The van der Waals surface area contributed by atoms with Crippen LogP contribution >= 0.6 is 0 Å². The van der Waals surface area contributed by atoms with Crippen molar-refractivity contribution < 1.29 is 24.6 Å². The molecule has 0 amide bonds. The third-order valence-electron chi connectivity index (χ3n) is 2.67. The minimum Gasteiger partial charge on any atom is -0.669 e. The largest absolute Gasteiger partial charge is 0.669 e. The number of benzene rings is 1. The zero-order valence-electron chi connectivity index (χ0n) is 8.75. The molecule has 0 spiro atoms. The number of hydrogen-bond donors (Lipinski definition) is 3. The van der Waals surface area contributed by atoms with Gasteiger partial charge in [0.1, 0.15) is 11.6 Å². The summed E-state index contributed by atoms with van der Waals surface area (Å²) in [6, 6.07) is 4.69. The fraction of sp³-hybridized carbons (Fsp3) is 0.200. The Bertz CT molecular complexity index is 534. The Kier molecular flexibility index (Phi) is 2.54. The second-order valence-electron chi connectivity index (χ2n) is 3.91. The molecule has 17 heavy (non-hydrogen) atoms. The standard InChI is InChI=1S/C10H9BNO5/c12-5-7-2-1-6-3-4-11(15,16)17-9(6)8(7)10(13)14/h1-2,15-16H,3-4H2,(H,13,14)/q-1. The van der Waals surface area contributed by atoms with E-state index in [0.29, 0.717) is 12.0 Å². The minimum absolute atomic E-state index is 0.0119. The first kappa shape index (κ1) is 11.5. The van der Waals surface area contributed by atoms with Crippen molar-refractivity contribution in [3.8, 4) is 11.8 Å². The third kappa shape index (κ3) is 1.96. The van der Waals surface area contributed by atoms with Gasteiger partial charge in [0, 0.05) is 0 Å². The summed E-state index contributed by atoms with van der Waals surface area (Å²) in [6.45, 7) is -3.03. The summed E-state index contributed by atoms with van der Waals surface area (Å²) in [5, 5.41) is 36.7. The lowest BCUT2D eigenvalue weighted by atomic mass is 9.70. The molecule has 0 fully saturated rings. The molecule has 3 N–H and O–H groups in total. The molecule has 1 heterocycles. The van der Waals surface area contributed by atoms with E-state index in [9.17, 15) is 14.8 Å². The Balaban J connectivity index is 2.64. The first-order valence-corrected chi connectivity index (χ1v) is 5.03. The fourth-order valence-corrected chi connectivity index (χ4v) is 1.85. The SMILES string of the molecule is N#Cc1ccc2c(c1C(=O)O)O[B-](O)(O)CC2. The lowest BCUT2D eigenvalue weighted by Crippen LogP contribution is -2.45. The molecule has 0 saturated heterocycles. The lowest BCUT2D eigenvalue weighted by Gasteiger charge is -2.37. The number of aromatic carboxylic acids is 1. The van der Waals surface area contributed by atoms with Gasteiger partial charge >= 0.3 is 12.7 Å². The number of fused-ring (bicyclic) bond motifs is 1. The van der Waals surface area contributed by atoms with Gasteiger partial charge in [-0.15, -0.1) is 0 Å². The predicted molar refractivity (Wildman–Crippen MR) is 57.4 cm³/mol. The van der Waals surface area contributed by atoms with Crippen LogP contribution in [0.4, 0.5) is 0 Å². The highest BCUT2D eigenvalue weighted by Gasteiger charge is 2.32. The van der Waals surface area contributed by atoms with E-state index in [1.54, 1.807) is 12.1 Å². The summed E-state index contributed by atoms with van der Waals surface area (Å²) in [7, 11) is 0. The van der Waals surface area contributed by atoms with Gasteiger partial charge in [-0.25, -0.2) is 4.79 Å². The van der Waals surface area contributed by atoms with Gasteiger partial charge in [0.15, 0.2) is 0 Å². The normalized spacial score (nSPS) is 16.5. The first-order chi connectivity index (χ1) is 7.94. The van der Waals surface area contributed by atoms with Gasteiger partial charge in [-0.1, -0.05) is 12.4 Å². The Morgan fingerprint density at radius 2 is 2.18 bits per heavy atom. The average Bonchev–Trinajstić information content (AvgIpc) is 2.25. The van der Waals surface area contributed by atoms with Crippen molar-refractivity contribution in [1.82, 2.24) is 0 Å². The maximum absolute atomic E-state index is 11.1. The van der Waals surface area contributed by atoms with Crippen LogP contribution in [0.5, 0.6) is 5.75 Å². The van der Waals surface area contributed by atoms with Gasteiger partial charge in [0.05, 0.1) is 11.3 Å². The molecule has 7 heteroatoms. The average molecular weight is 234 g/mol. The van der Waals surface area contributed by atoms with Gasteiger partial charge < -0.3 is 19.8 Å². The highest BCUT2D eigenvalue weighted by atomic mass is 16.6. The van der Waals surface area contributed by atoms with Crippen molar-refractivity contribution in [2.45, 2.75) is 12.7 Å². The highest BCUT2D eigenvalue weighted by Crippen LogP contribution is 2.34. The van der Waals surface area contributed by atoms with E-state index in [1.807, 2.05) is 0 Å². The summed E-state index contributed by atoms with van der Waals surface area (Å²) in [4.78, 5) is 11.1. The van der Waals surface area contributed by atoms with Crippen molar-refractivity contribution in [3.63, 3.8) is 0 Å². The summed E-state index contributed by atoms with van der Waals surface area (Å²) in [5.41, 5.74) is 0.172. The number of aryl methyl sites for hydroxylation is 1. The third-order valence-corrected chi connectivity index (χ3v) is 2.67. The van der Waals surface area contributed by atoms with Crippen LogP contribution in [-0.2, 0) is 6.42 Å². The van der Waals surface area contributed by atoms with Crippen LogP contribution in [0.15, 0.2) is 12.1 Å². The summed E-state index contributed by atoms with van der Waals surface area (Å²) in [5.74, 6) is -1.44. The topological polar surface area (TPSA) is 111 Å². The lowest BCUT2D eigenvalue weighted by molar-refractivity contribution is 0.0693. The first-order valence-electron chi connectivity index (χ1n) is 5.03. The van der Waals surface area contributed by atoms with E-state index in [0.717, 1.165) is 0 Å². The molecule has 1 aliphatic heterocycles. The van der Waals surface area contributed by atoms with Crippen LogP contribution in [0.25, 0.3) is 0 Å². The van der Waals surface area contributed by atoms with Crippen LogP contribution in [0.2, 0.25) is 6.32 Å². The maximum atomic E-state index is 11.1. The summed E-state index contributed by atoms with van der Waals surface area (Å²) >= 11 is 0. The maximum Gasteiger partial charge on any atom is 0.430 e. The van der Waals surface area contributed by atoms with Gasteiger partial charge in [-0.05, 0) is 18.1 Å². The van der Waals surface area contributed by atoms with Gasteiger partial charge in [-0.3, -0.25) is 0 Å². The second-order valence-corrected chi connectivity index (χ2v) is 3.91. The molecule has 2 rings (SSSR count). The van der Waals surface area contributed by atoms with Crippen LogP contribution in [0.3, 0.4) is 0 Å². The molecule has 0 unspecified atom stereocenters. The Labute approximate surface area is 96.7 Å².